The second-order valence-corrected chi connectivity index (χ2v) is 5.36. The summed E-state index contributed by atoms with van der Waals surface area (Å²) in [6, 6.07) is 10.5. The quantitative estimate of drug-likeness (QED) is 0.770. The van der Waals surface area contributed by atoms with E-state index in [2.05, 4.69) is 15.5 Å². The lowest BCUT2D eigenvalue weighted by molar-refractivity contribution is -0.137. The van der Waals surface area contributed by atoms with Crippen molar-refractivity contribution in [3.63, 3.8) is 0 Å². The molecule has 1 aromatic heterocycles. The number of aromatic nitrogens is 2. The molecule has 0 radical (unpaired) electrons. The van der Waals surface area contributed by atoms with E-state index in [1.54, 1.807) is 6.07 Å². The number of alkyl halides is 3. The molecule has 3 aromatic rings. The molecule has 0 saturated heterocycles. The summed E-state index contributed by atoms with van der Waals surface area (Å²) < 4.78 is 37.9. The van der Waals surface area contributed by atoms with Gasteiger partial charge in [0.2, 0.25) is 0 Å². The molecular formula is C17H14F3N3O. The minimum absolute atomic E-state index is 0.273. The van der Waals surface area contributed by atoms with Gasteiger partial charge < -0.3 is 5.32 Å². The summed E-state index contributed by atoms with van der Waals surface area (Å²) in [5, 5.41) is 10.0. The van der Waals surface area contributed by atoms with Gasteiger partial charge in [-0.25, -0.2) is 0 Å². The number of carbonyl (C=O) groups is 1. The van der Waals surface area contributed by atoms with Crippen LogP contribution in [0.15, 0.2) is 42.5 Å². The molecule has 4 nitrogen and oxygen atoms in total. The van der Waals surface area contributed by atoms with Crippen molar-refractivity contribution in [2.24, 2.45) is 0 Å². The highest BCUT2D eigenvalue weighted by molar-refractivity contribution is 6.05. The van der Waals surface area contributed by atoms with Gasteiger partial charge in [0, 0.05) is 12.4 Å². The number of benzene rings is 2. The van der Waals surface area contributed by atoms with Gasteiger partial charge in [-0.05, 0) is 35.7 Å². The first kappa shape index (κ1) is 16.0. The first-order valence-electron chi connectivity index (χ1n) is 7.24. The van der Waals surface area contributed by atoms with Crippen LogP contribution in [0.5, 0.6) is 0 Å². The van der Waals surface area contributed by atoms with E-state index in [0.29, 0.717) is 17.3 Å². The molecule has 0 spiro atoms. The number of halogens is 3. The maximum Gasteiger partial charge on any atom is 0.416 e. The summed E-state index contributed by atoms with van der Waals surface area (Å²) in [4.78, 5) is 11.9. The van der Waals surface area contributed by atoms with E-state index >= 15 is 0 Å². The molecule has 0 unspecified atom stereocenters. The SMILES string of the molecule is CNC(=O)c1n[nH]c2cccc(Cc3ccc(C(F)(F)F)cc3)c12. The first-order valence-corrected chi connectivity index (χ1v) is 7.24. The van der Waals surface area contributed by atoms with E-state index in [4.69, 9.17) is 0 Å². The van der Waals surface area contributed by atoms with Crippen LogP contribution in [0.1, 0.15) is 27.2 Å². The molecule has 2 N–H and O–H groups in total. The molecule has 0 atom stereocenters. The Labute approximate surface area is 135 Å². The summed E-state index contributed by atoms with van der Waals surface area (Å²) in [5.74, 6) is -0.318. The standard InChI is InChI=1S/C17H14F3N3O/c1-21-16(24)15-14-11(3-2-4-13(14)22-23-15)9-10-5-7-12(8-6-10)17(18,19)20/h2-8H,9H2,1H3,(H,21,24)(H,22,23). The Morgan fingerprint density at radius 1 is 1.17 bits per heavy atom. The zero-order valence-electron chi connectivity index (χ0n) is 12.7. The molecule has 0 aliphatic carbocycles. The van der Waals surface area contributed by atoms with Crippen LogP contribution in [0.4, 0.5) is 13.2 Å². The van der Waals surface area contributed by atoms with E-state index < -0.39 is 11.7 Å². The largest absolute Gasteiger partial charge is 0.416 e. The van der Waals surface area contributed by atoms with E-state index in [-0.39, 0.29) is 11.6 Å². The third-order valence-corrected chi connectivity index (χ3v) is 3.79. The molecule has 1 amide bonds. The Balaban J connectivity index is 1.98. The van der Waals surface area contributed by atoms with Crippen molar-refractivity contribution in [1.29, 1.82) is 0 Å². The van der Waals surface area contributed by atoms with E-state index in [0.717, 1.165) is 23.3 Å². The smallest absolute Gasteiger partial charge is 0.354 e. The average molecular weight is 333 g/mol. The van der Waals surface area contributed by atoms with Gasteiger partial charge in [0.15, 0.2) is 5.69 Å². The molecule has 3 rings (SSSR count). The summed E-state index contributed by atoms with van der Waals surface area (Å²) in [6.45, 7) is 0. The predicted octanol–water partition coefficient (Wildman–Crippen LogP) is 3.53. The molecule has 2 aromatic carbocycles. The van der Waals surface area contributed by atoms with Crippen LogP contribution >= 0.6 is 0 Å². The molecule has 0 saturated carbocycles. The molecule has 0 fully saturated rings. The molecule has 124 valence electrons. The second kappa shape index (κ2) is 5.99. The van der Waals surface area contributed by atoms with Gasteiger partial charge in [-0.1, -0.05) is 24.3 Å². The minimum atomic E-state index is -4.35. The fourth-order valence-electron chi connectivity index (χ4n) is 2.61. The molecule has 1 heterocycles. The molecular weight excluding hydrogens is 319 g/mol. The number of hydrogen-bond donors (Lipinski definition) is 2. The van der Waals surface area contributed by atoms with Gasteiger partial charge in [0.1, 0.15) is 0 Å². The number of H-pyrrole nitrogens is 1. The lowest BCUT2D eigenvalue weighted by Gasteiger charge is -2.09. The fourth-order valence-corrected chi connectivity index (χ4v) is 2.61. The van der Waals surface area contributed by atoms with Crippen molar-refractivity contribution < 1.29 is 18.0 Å². The topological polar surface area (TPSA) is 57.8 Å². The highest BCUT2D eigenvalue weighted by atomic mass is 19.4. The highest BCUT2D eigenvalue weighted by Crippen LogP contribution is 2.30. The van der Waals surface area contributed by atoms with Gasteiger partial charge in [-0.2, -0.15) is 18.3 Å². The second-order valence-electron chi connectivity index (χ2n) is 5.36. The van der Waals surface area contributed by atoms with Crippen molar-refractivity contribution in [1.82, 2.24) is 15.5 Å². The van der Waals surface area contributed by atoms with Crippen LogP contribution in [0.25, 0.3) is 10.9 Å². The van der Waals surface area contributed by atoms with Crippen LogP contribution < -0.4 is 5.32 Å². The van der Waals surface area contributed by atoms with Gasteiger partial charge >= 0.3 is 6.18 Å². The molecule has 0 aliphatic rings. The number of nitrogens with one attached hydrogen (secondary N) is 2. The van der Waals surface area contributed by atoms with Crippen LogP contribution in [0.2, 0.25) is 0 Å². The summed E-state index contributed by atoms with van der Waals surface area (Å²) in [6.07, 6.45) is -3.95. The van der Waals surface area contributed by atoms with Crippen LogP contribution in [-0.4, -0.2) is 23.2 Å². The van der Waals surface area contributed by atoms with Crippen molar-refractivity contribution in [2.75, 3.05) is 7.05 Å². The number of fused-ring (bicyclic) bond motifs is 1. The number of hydrogen-bond acceptors (Lipinski definition) is 2. The van der Waals surface area contributed by atoms with E-state index in [1.165, 1.54) is 19.2 Å². The van der Waals surface area contributed by atoms with Gasteiger partial charge in [-0.15, -0.1) is 0 Å². The maximum absolute atomic E-state index is 12.6. The van der Waals surface area contributed by atoms with Crippen molar-refractivity contribution in [3.8, 4) is 0 Å². The lowest BCUT2D eigenvalue weighted by Crippen LogP contribution is -2.18. The number of nitrogens with zero attached hydrogens (tertiary/aromatic N) is 1. The Morgan fingerprint density at radius 3 is 2.50 bits per heavy atom. The monoisotopic (exact) mass is 333 g/mol. The van der Waals surface area contributed by atoms with Crippen molar-refractivity contribution in [2.45, 2.75) is 12.6 Å². The Morgan fingerprint density at radius 2 is 1.88 bits per heavy atom. The molecule has 0 bridgehead atoms. The predicted molar refractivity (Wildman–Crippen MR) is 83.7 cm³/mol. The van der Waals surface area contributed by atoms with Gasteiger partial charge in [-0.3, -0.25) is 9.89 Å². The summed E-state index contributed by atoms with van der Waals surface area (Å²) >= 11 is 0. The third kappa shape index (κ3) is 2.97. The maximum atomic E-state index is 12.6. The van der Waals surface area contributed by atoms with E-state index in [9.17, 15) is 18.0 Å². The first-order chi connectivity index (χ1) is 11.4. The van der Waals surface area contributed by atoms with Gasteiger partial charge in [0.25, 0.3) is 5.91 Å². The fraction of sp³-hybridized carbons (Fsp3) is 0.176. The third-order valence-electron chi connectivity index (χ3n) is 3.79. The number of amides is 1. The van der Waals surface area contributed by atoms with Gasteiger partial charge in [0.05, 0.1) is 11.1 Å². The Hall–Kier alpha value is -2.83. The molecule has 0 aliphatic heterocycles. The van der Waals surface area contributed by atoms with E-state index in [1.807, 2.05) is 12.1 Å². The molecule has 24 heavy (non-hydrogen) atoms. The zero-order valence-corrected chi connectivity index (χ0v) is 12.7. The Kier molecular flexibility index (Phi) is 4.01. The average Bonchev–Trinajstić information content (AvgIpc) is 2.99. The van der Waals surface area contributed by atoms with Crippen molar-refractivity contribution >= 4 is 16.8 Å². The van der Waals surface area contributed by atoms with Crippen LogP contribution in [0, 0.1) is 0 Å². The molecule has 7 heteroatoms. The normalized spacial score (nSPS) is 11.7. The number of aromatic amines is 1. The minimum Gasteiger partial charge on any atom is -0.354 e. The summed E-state index contributed by atoms with van der Waals surface area (Å²) in [5.41, 5.74) is 1.84. The number of carbonyl (C=O) groups excluding carboxylic acids is 1. The highest BCUT2D eigenvalue weighted by Gasteiger charge is 2.29. The summed E-state index contributed by atoms with van der Waals surface area (Å²) in [7, 11) is 1.52. The van der Waals surface area contributed by atoms with Crippen LogP contribution in [-0.2, 0) is 12.6 Å². The van der Waals surface area contributed by atoms with Crippen LogP contribution in [0.3, 0.4) is 0 Å². The van der Waals surface area contributed by atoms with Crippen molar-refractivity contribution in [3.05, 3.63) is 64.8 Å². The lowest BCUT2D eigenvalue weighted by atomic mass is 9.99. The number of rotatable bonds is 3. The zero-order chi connectivity index (χ0) is 17.3. The Bertz CT molecular complexity index is 882.